The molecule has 124 valence electrons. The van der Waals surface area contributed by atoms with Crippen molar-refractivity contribution < 1.29 is 4.74 Å². The maximum atomic E-state index is 5.80. The Morgan fingerprint density at radius 3 is 2.43 bits per heavy atom. The van der Waals surface area contributed by atoms with Crippen LogP contribution in [0.1, 0.15) is 20.8 Å². The van der Waals surface area contributed by atoms with E-state index in [9.17, 15) is 0 Å². The zero-order valence-corrected chi connectivity index (χ0v) is 14.8. The third kappa shape index (κ3) is 3.54. The van der Waals surface area contributed by atoms with Crippen LogP contribution in [0.2, 0.25) is 0 Å². The molecule has 1 fully saturated rings. The second-order valence-corrected chi connectivity index (χ2v) is 6.52. The number of morpholine rings is 1. The molecule has 0 N–H and O–H groups in total. The highest BCUT2D eigenvalue weighted by molar-refractivity contribution is 7.71. The van der Waals surface area contributed by atoms with E-state index < -0.39 is 0 Å². The summed E-state index contributed by atoms with van der Waals surface area (Å²) in [5.41, 5.74) is 1.10. The fourth-order valence-corrected chi connectivity index (χ4v) is 3.52. The van der Waals surface area contributed by atoms with E-state index in [2.05, 4.69) is 42.4 Å². The van der Waals surface area contributed by atoms with E-state index in [1.54, 1.807) is 0 Å². The predicted octanol–water partition coefficient (Wildman–Crippen LogP) is 3.17. The molecule has 3 rings (SSSR count). The molecule has 0 spiro atoms. The predicted molar refractivity (Wildman–Crippen MR) is 93.7 cm³/mol. The third-order valence-electron chi connectivity index (χ3n) is 4.10. The van der Waals surface area contributed by atoms with Crippen LogP contribution in [0.4, 0.5) is 0 Å². The molecule has 5 nitrogen and oxygen atoms in total. The molecule has 2 atom stereocenters. The smallest absolute Gasteiger partial charge is 0.199 e. The number of hydrogen-bond acceptors (Lipinski definition) is 4. The van der Waals surface area contributed by atoms with Gasteiger partial charge in [0.1, 0.15) is 0 Å². The molecule has 23 heavy (non-hydrogen) atoms. The van der Waals surface area contributed by atoms with Crippen LogP contribution in [0.15, 0.2) is 30.3 Å². The molecule has 0 aliphatic carbocycles. The lowest BCUT2D eigenvalue weighted by molar-refractivity contribution is -0.0777. The second kappa shape index (κ2) is 6.95. The molecule has 2 heterocycles. The van der Waals surface area contributed by atoms with Gasteiger partial charge in [-0.25, -0.2) is 4.68 Å². The van der Waals surface area contributed by atoms with Crippen LogP contribution in [0.3, 0.4) is 0 Å². The van der Waals surface area contributed by atoms with Crippen molar-refractivity contribution in [1.82, 2.24) is 19.2 Å². The Kier molecular flexibility index (Phi) is 4.94. The van der Waals surface area contributed by atoms with Crippen molar-refractivity contribution in [2.45, 2.75) is 46.2 Å². The van der Waals surface area contributed by atoms with Crippen molar-refractivity contribution in [2.75, 3.05) is 13.1 Å². The zero-order chi connectivity index (χ0) is 16.4. The summed E-state index contributed by atoms with van der Waals surface area (Å²) < 4.78 is 10.6. The largest absolute Gasteiger partial charge is 0.373 e. The van der Waals surface area contributed by atoms with Crippen LogP contribution in [0, 0.1) is 4.77 Å². The summed E-state index contributed by atoms with van der Waals surface area (Å²) in [4.78, 5) is 2.36. The fraction of sp³-hybridized carbons (Fsp3) is 0.529. The lowest BCUT2D eigenvalue weighted by atomic mass is 10.2. The van der Waals surface area contributed by atoms with E-state index in [1.807, 2.05) is 22.9 Å². The zero-order valence-electron chi connectivity index (χ0n) is 14.0. The Labute approximate surface area is 142 Å². The van der Waals surface area contributed by atoms with Crippen molar-refractivity contribution in [3.05, 3.63) is 35.1 Å². The van der Waals surface area contributed by atoms with E-state index >= 15 is 0 Å². The van der Waals surface area contributed by atoms with Gasteiger partial charge in [-0.15, -0.1) is 0 Å². The topological polar surface area (TPSA) is 35.2 Å². The van der Waals surface area contributed by atoms with Crippen molar-refractivity contribution in [3.63, 3.8) is 0 Å². The summed E-state index contributed by atoms with van der Waals surface area (Å²) in [7, 11) is 0. The SMILES string of the molecule is CCn1c(-c2ccccc2)nn(CN2C[C@@H](C)O[C@H](C)C2)c1=S. The Balaban J connectivity index is 1.89. The first-order valence-corrected chi connectivity index (χ1v) is 8.60. The van der Waals surface area contributed by atoms with Crippen LogP contribution in [0.5, 0.6) is 0 Å². The second-order valence-electron chi connectivity index (χ2n) is 6.15. The van der Waals surface area contributed by atoms with E-state index in [-0.39, 0.29) is 12.2 Å². The minimum Gasteiger partial charge on any atom is -0.373 e. The molecular weight excluding hydrogens is 308 g/mol. The standard InChI is InChI=1S/C17H24N4OS/c1-4-20-16(15-8-6-5-7-9-15)18-21(17(20)23)12-19-10-13(2)22-14(3)11-19/h5-9,13-14H,4,10-12H2,1-3H3/t13-,14-/m1/s1. The molecular formula is C17H24N4OS. The first kappa shape index (κ1) is 16.4. The molecule has 1 aromatic heterocycles. The molecule has 1 aliphatic rings. The molecule has 1 aromatic carbocycles. The van der Waals surface area contributed by atoms with Crippen molar-refractivity contribution in [2.24, 2.45) is 0 Å². The maximum Gasteiger partial charge on any atom is 0.199 e. The van der Waals surface area contributed by atoms with Gasteiger partial charge in [0.15, 0.2) is 10.6 Å². The Morgan fingerprint density at radius 2 is 1.83 bits per heavy atom. The van der Waals surface area contributed by atoms with Gasteiger partial charge in [-0.05, 0) is 33.0 Å². The van der Waals surface area contributed by atoms with Crippen LogP contribution >= 0.6 is 12.2 Å². The molecule has 0 unspecified atom stereocenters. The summed E-state index contributed by atoms with van der Waals surface area (Å²) >= 11 is 5.64. The highest BCUT2D eigenvalue weighted by Gasteiger charge is 2.23. The number of hydrogen-bond donors (Lipinski definition) is 0. The summed E-state index contributed by atoms with van der Waals surface area (Å²) in [6.07, 6.45) is 0.490. The van der Waals surface area contributed by atoms with Crippen LogP contribution in [-0.4, -0.2) is 44.5 Å². The first-order chi connectivity index (χ1) is 11.1. The van der Waals surface area contributed by atoms with Gasteiger partial charge in [-0.2, -0.15) is 5.10 Å². The minimum absolute atomic E-state index is 0.245. The van der Waals surface area contributed by atoms with Gasteiger partial charge in [-0.3, -0.25) is 4.90 Å². The summed E-state index contributed by atoms with van der Waals surface area (Å²) in [6.45, 7) is 9.68. The molecule has 0 amide bonds. The van der Waals surface area contributed by atoms with Gasteiger partial charge in [0.25, 0.3) is 0 Å². The van der Waals surface area contributed by atoms with Crippen molar-refractivity contribution in [3.8, 4) is 11.4 Å². The monoisotopic (exact) mass is 332 g/mol. The van der Waals surface area contributed by atoms with Crippen LogP contribution in [-0.2, 0) is 18.0 Å². The van der Waals surface area contributed by atoms with Crippen molar-refractivity contribution in [1.29, 1.82) is 0 Å². The first-order valence-electron chi connectivity index (χ1n) is 8.19. The summed E-state index contributed by atoms with van der Waals surface area (Å²) in [5.74, 6) is 0.937. The van der Waals surface area contributed by atoms with E-state index in [1.165, 1.54) is 0 Å². The Morgan fingerprint density at radius 1 is 1.17 bits per heavy atom. The summed E-state index contributed by atoms with van der Waals surface area (Å²) in [6, 6.07) is 10.2. The minimum atomic E-state index is 0.245. The molecule has 1 aliphatic heterocycles. The van der Waals surface area contributed by atoms with Gasteiger partial charge in [0.2, 0.25) is 0 Å². The van der Waals surface area contributed by atoms with Crippen LogP contribution in [0.25, 0.3) is 11.4 Å². The quantitative estimate of drug-likeness (QED) is 0.806. The Bertz CT molecular complexity index is 699. The van der Waals surface area contributed by atoms with Gasteiger partial charge < -0.3 is 9.30 Å². The van der Waals surface area contributed by atoms with Crippen LogP contribution < -0.4 is 0 Å². The lowest BCUT2D eigenvalue weighted by Gasteiger charge is -2.34. The average molecular weight is 332 g/mol. The molecule has 0 radical (unpaired) electrons. The summed E-state index contributed by atoms with van der Waals surface area (Å²) in [5, 5.41) is 4.79. The molecule has 0 bridgehead atoms. The van der Waals surface area contributed by atoms with E-state index in [0.717, 1.165) is 35.8 Å². The lowest BCUT2D eigenvalue weighted by Crippen LogP contribution is -2.46. The number of nitrogens with zero attached hydrogens (tertiary/aromatic N) is 4. The van der Waals surface area contributed by atoms with E-state index in [4.69, 9.17) is 22.1 Å². The number of aromatic nitrogens is 3. The number of rotatable bonds is 4. The van der Waals surface area contributed by atoms with Gasteiger partial charge in [0.05, 0.1) is 18.9 Å². The fourth-order valence-electron chi connectivity index (χ4n) is 3.21. The average Bonchev–Trinajstić information content (AvgIpc) is 2.83. The maximum absolute atomic E-state index is 5.80. The van der Waals surface area contributed by atoms with Crippen molar-refractivity contribution >= 4 is 12.2 Å². The molecule has 2 aromatic rings. The normalized spacial score (nSPS) is 22.4. The highest BCUT2D eigenvalue weighted by Crippen LogP contribution is 2.19. The molecule has 0 saturated carbocycles. The van der Waals surface area contributed by atoms with Gasteiger partial charge in [0, 0.05) is 25.2 Å². The third-order valence-corrected chi connectivity index (χ3v) is 4.53. The highest BCUT2D eigenvalue weighted by atomic mass is 32.1. The molecule has 1 saturated heterocycles. The number of ether oxygens (including phenoxy) is 1. The Hall–Kier alpha value is -1.50. The van der Waals surface area contributed by atoms with E-state index in [0.29, 0.717) is 6.67 Å². The molecule has 6 heteroatoms. The van der Waals surface area contributed by atoms with Gasteiger partial charge >= 0.3 is 0 Å². The number of benzene rings is 1. The van der Waals surface area contributed by atoms with Gasteiger partial charge in [-0.1, -0.05) is 30.3 Å².